The molecule has 0 bridgehead atoms. The van der Waals surface area contributed by atoms with Gasteiger partial charge in [-0.2, -0.15) is 0 Å². The lowest BCUT2D eigenvalue weighted by Crippen LogP contribution is -2.15. The highest BCUT2D eigenvalue weighted by atomic mass is 16.3. The molecule has 27 heavy (non-hydrogen) atoms. The van der Waals surface area contributed by atoms with Crippen molar-refractivity contribution >= 4 is 10.9 Å². The predicted octanol–water partition coefficient (Wildman–Crippen LogP) is 5.56. The van der Waals surface area contributed by atoms with Crippen molar-refractivity contribution in [3.63, 3.8) is 0 Å². The highest BCUT2D eigenvalue weighted by Crippen LogP contribution is 2.37. The van der Waals surface area contributed by atoms with Gasteiger partial charge < -0.3 is 5.11 Å². The number of pyridine rings is 1. The van der Waals surface area contributed by atoms with Crippen molar-refractivity contribution in [1.29, 1.82) is 0 Å². The van der Waals surface area contributed by atoms with Crippen LogP contribution in [0.4, 0.5) is 0 Å². The third-order valence-corrected chi connectivity index (χ3v) is 4.85. The van der Waals surface area contributed by atoms with E-state index in [1.807, 2.05) is 63.2 Å². The van der Waals surface area contributed by atoms with Crippen LogP contribution in [0.15, 0.2) is 53.3 Å². The molecule has 0 aliphatic carbocycles. The van der Waals surface area contributed by atoms with Gasteiger partial charge in [-0.1, -0.05) is 71.9 Å². The van der Waals surface area contributed by atoms with Crippen LogP contribution in [-0.2, 0) is 10.8 Å². The molecule has 140 valence electrons. The van der Waals surface area contributed by atoms with Crippen LogP contribution in [0.1, 0.15) is 52.7 Å². The molecular formula is C24H27NO2. The fourth-order valence-electron chi connectivity index (χ4n) is 3.19. The van der Waals surface area contributed by atoms with E-state index in [1.165, 1.54) is 0 Å². The van der Waals surface area contributed by atoms with Gasteiger partial charge in [-0.3, -0.25) is 4.79 Å². The van der Waals surface area contributed by atoms with Gasteiger partial charge in [0, 0.05) is 10.9 Å². The van der Waals surface area contributed by atoms with Crippen LogP contribution >= 0.6 is 0 Å². The number of benzene rings is 1. The first-order valence-corrected chi connectivity index (χ1v) is 9.27. The van der Waals surface area contributed by atoms with Crippen molar-refractivity contribution in [2.45, 2.75) is 52.4 Å². The van der Waals surface area contributed by atoms with E-state index in [0.717, 1.165) is 22.0 Å². The van der Waals surface area contributed by atoms with E-state index in [2.05, 4.69) is 25.8 Å². The van der Waals surface area contributed by atoms with E-state index in [-0.39, 0.29) is 27.6 Å². The summed E-state index contributed by atoms with van der Waals surface area (Å²) in [5.74, 6) is 0.0192. The van der Waals surface area contributed by atoms with E-state index < -0.39 is 0 Å². The Morgan fingerprint density at radius 2 is 1.52 bits per heavy atom. The molecule has 2 aromatic carbocycles. The van der Waals surface area contributed by atoms with Crippen LogP contribution in [0, 0.1) is 0 Å². The molecule has 0 saturated heterocycles. The van der Waals surface area contributed by atoms with Crippen LogP contribution in [-0.4, -0.2) is 10.1 Å². The number of fused-ring (bicyclic) bond motifs is 1. The molecule has 0 aliphatic heterocycles. The Kier molecular flexibility index (Phi) is 4.59. The van der Waals surface area contributed by atoms with Crippen LogP contribution in [0.3, 0.4) is 0 Å². The minimum Gasteiger partial charge on any atom is -0.507 e. The maximum absolute atomic E-state index is 13.1. The predicted molar refractivity (Wildman–Crippen MR) is 113 cm³/mol. The van der Waals surface area contributed by atoms with E-state index in [4.69, 9.17) is 0 Å². The number of hydrogen-bond donors (Lipinski definition) is 1. The maximum Gasteiger partial charge on any atom is 0.192 e. The summed E-state index contributed by atoms with van der Waals surface area (Å²) in [4.78, 5) is 17.8. The number of aromatic hydroxyl groups is 1. The molecule has 3 nitrogen and oxygen atoms in total. The first-order chi connectivity index (χ1) is 12.5. The molecule has 0 fully saturated rings. The summed E-state index contributed by atoms with van der Waals surface area (Å²) in [6, 6.07) is 15.1. The minimum absolute atomic E-state index is 0.0192. The molecule has 0 unspecified atom stereocenters. The molecule has 0 aliphatic rings. The van der Waals surface area contributed by atoms with Gasteiger partial charge in [0.25, 0.3) is 0 Å². The van der Waals surface area contributed by atoms with Gasteiger partial charge in [0.1, 0.15) is 5.75 Å². The summed E-state index contributed by atoms with van der Waals surface area (Å²) in [5.41, 5.74) is 2.47. The Balaban J connectivity index is 2.41. The summed E-state index contributed by atoms with van der Waals surface area (Å²) < 4.78 is 0. The summed E-state index contributed by atoms with van der Waals surface area (Å²) in [5, 5.41) is 12.1. The average Bonchev–Trinajstić information content (AvgIpc) is 2.69. The van der Waals surface area contributed by atoms with Crippen molar-refractivity contribution < 1.29 is 5.11 Å². The van der Waals surface area contributed by atoms with Gasteiger partial charge in [-0.05, 0) is 34.6 Å². The largest absolute Gasteiger partial charge is 0.507 e. The highest BCUT2D eigenvalue weighted by molar-refractivity contribution is 5.82. The monoisotopic (exact) mass is 361 g/mol. The van der Waals surface area contributed by atoms with E-state index in [9.17, 15) is 9.90 Å². The van der Waals surface area contributed by atoms with Crippen molar-refractivity contribution in [1.82, 2.24) is 4.98 Å². The summed E-state index contributed by atoms with van der Waals surface area (Å²) in [6.07, 6.45) is 0. The van der Waals surface area contributed by atoms with Crippen molar-refractivity contribution in [3.8, 4) is 17.0 Å². The van der Waals surface area contributed by atoms with Gasteiger partial charge >= 0.3 is 0 Å². The van der Waals surface area contributed by atoms with Gasteiger partial charge in [0.2, 0.25) is 0 Å². The first kappa shape index (κ1) is 19.1. The molecular weight excluding hydrogens is 334 g/mol. The standard InChI is InChI=1S/C24H27NO2/c1-23(2,3)16-13-17(24(4,5)6)22(27)21(20(26)14-16)19-12-11-15-9-7-8-10-18(15)25-19/h7-14,27H,1-6H3. The van der Waals surface area contributed by atoms with Gasteiger partial charge in [-0.15, -0.1) is 0 Å². The Bertz CT molecular complexity index is 1070. The normalized spacial score (nSPS) is 12.4. The smallest absolute Gasteiger partial charge is 0.192 e. The molecule has 3 aromatic rings. The second kappa shape index (κ2) is 6.49. The number of hydrogen-bond acceptors (Lipinski definition) is 3. The Labute approximate surface area is 160 Å². The van der Waals surface area contributed by atoms with Crippen LogP contribution in [0.2, 0.25) is 0 Å². The van der Waals surface area contributed by atoms with Crippen molar-refractivity contribution in [2.75, 3.05) is 0 Å². The molecule has 3 heteroatoms. The van der Waals surface area contributed by atoms with Gasteiger partial charge in [0.05, 0.1) is 16.8 Å². The fourth-order valence-corrected chi connectivity index (χ4v) is 3.19. The fraction of sp³-hybridized carbons (Fsp3) is 0.333. The Morgan fingerprint density at radius 1 is 0.852 bits per heavy atom. The number of nitrogens with zero attached hydrogens (tertiary/aromatic N) is 1. The minimum atomic E-state index is -0.318. The van der Waals surface area contributed by atoms with Crippen LogP contribution in [0.5, 0.6) is 5.75 Å². The zero-order valence-electron chi connectivity index (χ0n) is 16.9. The van der Waals surface area contributed by atoms with Crippen LogP contribution < -0.4 is 5.43 Å². The molecule has 1 heterocycles. The Hall–Kier alpha value is -2.68. The molecule has 3 rings (SSSR count). The topological polar surface area (TPSA) is 50.2 Å². The molecule has 0 spiro atoms. The van der Waals surface area contributed by atoms with Gasteiger partial charge in [0.15, 0.2) is 5.43 Å². The number of para-hydroxylation sites is 1. The lowest BCUT2D eigenvalue weighted by molar-refractivity contribution is 0.448. The molecule has 0 atom stereocenters. The quantitative estimate of drug-likeness (QED) is 0.617. The lowest BCUT2D eigenvalue weighted by atomic mass is 9.82. The average molecular weight is 361 g/mol. The first-order valence-electron chi connectivity index (χ1n) is 9.27. The third kappa shape index (κ3) is 3.73. The summed E-state index contributed by atoms with van der Waals surface area (Å²) in [7, 11) is 0. The SMILES string of the molecule is CC(C)(C)c1cc(C(C)(C)C)c(O)c(-c2ccc3ccccc3n2)c(=O)c1. The van der Waals surface area contributed by atoms with E-state index >= 15 is 0 Å². The van der Waals surface area contributed by atoms with Crippen LogP contribution in [0.25, 0.3) is 22.2 Å². The zero-order valence-corrected chi connectivity index (χ0v) is 16.9. The van der Waals surface area contributed by atoms with Crippen molar-refractivity contribution in [3.05, 3.63) is 69.9 Å². The maximum atomic E-state index is 13.1. The zero-order chi connectivity index (χ0) is 20.0. The molecule has 0 amide bonds. The third-order valence-electron chi connectivity index (χ3n) is 4.85. The Morgan fingerprint density at radius 3 is 2.15 bits per heavy atom. The lowest BCUT2D eigenvalue weighted by Gasteiger charge is -2.23. The molecule has 0 radical (unpaired) electrons. The van der Waals surface area contributed by atoms with Gasteiger partial charge in [-0.25, -0.2) is 4.98 Å². The number of rotatable bonds is 1. The molecule has 0 saturated carbocycles. The highest BCUT2D eigenvalue weighted by Gasteiger charge is 2.25. The van der Waals surface area contributed by atoms with E-state index in [0.29, 0.717) is 5.69 Å². The van der Waals surface area contributed by atoms with E-state index in [1.54, 1.807) is 6.07 Å². The molecule has 1 N–H and O–H groups in total. The summed E-state index contributed by atoms with van der Waals surface area (Å²) >= 11 is 0. The number of aromatic nitrogens is 1. The summed E-state index contributed by atoms with van der Waals surface area (Å²) in [6.45, 7) is 12.3. The molecule has 1 aromatic heterocycles. The van der Waals surface area contributed by atoms with Crippen molar-refractivity contribution in [2.24, 2.45) is 0 Å². The second-order valence-corrected chi connectivity index (χ2v) is 9.13. The second-order valence-electron chi connectivity index (χ2n) is 9.13.